The first-order valence-electron chi connectivity index (χ1n) is 7.06. The van der Waals surface area contributed by atoms with Crippen LogP contribution in [-0.4, -0.2) is 39.1 Å². The molecule has 2 heterocycles. The van der Waals surface area contributed by atoms with E-state index in [2.05, 4.69) is 36.9 Å². The van der Waals surface area contributed by atoms with Crippen LogP contribution in [0.1, 0.15) is 29.4 Å². The summed E-state index contributed by atoms with van der Waals surface area (Å²) in [5, 5.41) is 23.7. The molecular weight excluding hydrogens is 350 g/mol. The molecule has 7 nitrogen and oxygen atoms in total. The van der Waals surface area contributed by atoms with Crippen LogP contribution in [-0.2, 0) is 0 Å². The van der Waals surface area contributed by atoms with E-state index >= 15 is 0 Å². The third kappa shape index (κ3) is 3.28. The predicted molar refractivity (Wildman–Crippen MR) is 84.9 cm³/mol. The molecule has 1 aromatic heterocycles. The van der Waals surface area contributed by atoms with Crippen molar-refractivity contribution in [3.63, 3.8) is 0 Å². The summed E-state index contributed by atoms with van der Waals surface area (Å²) in [6.45, 7) is 1.88. The number of aromatic nitrogens is 3. The summed E-state index contributed by atoms with van der Waals surface area (Å²) < 4.78 is 2.51. The first-order chi connectivity index (χ1) is 10.6. The summed E-state index contributed by atoms with van der Waals surface area (Å²) in [4.78, 5) is 12.2. The Balaban J connectivity index is 1.72. The molecule has 1 fully saturated rings. The highest BCUT2D eigenvalue weighted by molar-refractivity contribution is 9.10. The Morgan fingerprint density at radius 1 is 1.41 bits per heavy atom. The van der Waals surface area contributed by atoms with Crippen LogP contribution in [0.25, 0.3) is 0 Å². The second-order valence-corrected chi connectivity index (χ2v) is 6.10. The van der Waals surface area contributed by atoms with E-state index in [1.54, 1.807) is 23.0 Å². The molecular formula is C14H16BrN5O2. The van der Waals surface area contributed by atoms with E-state index in [0.29, 0.717) is 5.69 Å². The number of hydrogen-bond acceptors (Lipinski definition) is 5. The van der Waals surface area contributed by atoms with Gasteiger partial charge in [-0.1, -0.05) is 21.1 Å². The van der Waals surface area contributed by atoms with Crippen molar-refractivity contribution in [3.05, 3.63) is 34.6 Å². The normalized spacial score (nSPS) is 15.7. The van der Waals surface area contributed by atoms with Crippen LogP contribution in [0.15, 0.2) is 28.9 Å². The molecule has 0 aliphatic carbocycles. The van der Waals surface area contributed by atoms with Gasteiger partial charge in [0, 0.05) is 4.47 Å². The van der Waals surface area contributed by atoms with Crippen molar-refractivity contribution < 1.29 is 9.90 Å². The third-order valence-electron chi connectivity index (χ3n) is 3.63. The van der Waals surface area contributed by atoms with Crippen molar-refractivity contribution in [3.8, 4) is 5.75 Å². The Morgan fingerprint density at radius 3 is 2.95 bits per heavy atom. The number of rotatable bonds is 3. The number of benzene rings is 1. The lowest BCUT2D eigenvalue weighted by Gasteiger charge is -2.22. The maximum Gasteiger partial charge on any atom is 0.277 e. The minimum Gasteiger partial charge on any atom is -0.506 e. The van der Waals surface area contributed by atoms with E-state index in [-0.39, 0.29) is 17.5 Å². The largest absolute Gasteiger partial charge is 0.506 e. The Morgan fingerprint density at radius 2 is 2.18 bits per heavy atom. The van der Waals surface area contributed by atoms with Crippen LogP contribution in [0, 0.1) is 0 Å². The van der Waals surface area contributed by atoms with Gasteiger partial charge in [0.15, 0.2) is 5.69 Å². The number of phenols is 1. The van der Waals surface area contributed by atoms with Crippen LogP contribution in [0.4, 0.5) is 5.69 Å². The predicted octanol–water partition coefficient (Wildman–Crippen LogP) is 1.92. The highest BCUT2D eigenvalue weighted by Gasteiger charge is 2.19. The average molecular weight is 366 g/mol. The molecule has 0 spiro atoms. The molecule has 0 unspecified atom stereocenters. The zero-order chi connectivity index (χ0) is 15.5. The lowest BCUT2D eigenvalue weighted by atomic mass is 10.1. The molecule has 3 rings (SSSR count). The van der Waals surface area contributed by atoms with E-state index in [9.17, 15) is 9.90 Å². The monoisotopic (exact) mass is 365 g/mol. The quantitative estimate of drug-likeness (QED) is 0.722. The van der Waals surface area contributed by atoms with Gasteiger partial charge in [-0.25, -0.2) is 4.68 Å². The standard InChI is InChI=1S/C14H16BrN5O2/c15-9-1-2-13(21)11(7-9)17-14(22)12-8-20(19-18-12)10-3-5-16-6-4-10/h1-2,7-8,10,16,21H,3-6H2,(H,17,22). The van der Waals surface area contributed by atoms with Crippen LogP contribution in [0.3, 0.4) is 0 Å². The van der Waals surface area contributed by atoms with Gasteiger partial charge in [0.2, 0.25) is 0 Å². The number of nitrogens with zero attached hydrogens (tertiary/aromatic N) is 3. The number of nitrogens with one attached hydrogen (secondary N) is 2. The summed E-state index contributed by atoms with van der Waals surface area (Å²) in [6.07, 6.45) is 3.59. The molecule has 1 aliphatic rings. The molecule has 1 aromatic carbocycles. The maximum atomic E-state index is 12.2. The molecule has 116 valence electrons. The van der Waals surface area contributed by atoms with E-state index in [1.165, 1.54) is 6.07 Å². The molecule has 3 N–H and O–H groups in total. The zero-order valence-corrected chi connectivity index (χ0v) is 13.4. The zero-order valence-electron chi connectivity index (χ0n) is 11.8. The molecule has 2 aromatic rings. The first-order valence-corrected chi connectivity index (χ1v) is 7.85. The van der Waals surface area contributed by atoms with E-state index in [1.807, 2.05) is 0 Å². The van der Waals surface area contributed by atoms with Gasteiger partial charge in [-0.2, -0.15) is 0 Å². The summed E-state index contributed by atoms with van der Waals surface area (Å²) in [7, 11) is 0. The summed E-state index contributed by atoms with van der Waals surface area (Å²) in [5.41, 5.74) is 0.564. The molecule has 22 heavy (non-hydrogen) atoms. The first kappa shape index (κ1) is 15.0. The van der Waals surface area contributed by atoms with Gasteiger partial charge in [-0.15, -0.1) is 5.10 Å². The molecule has 1 aliphatic heterocycles. The Labute approximate surface area is 135 Å². The average Bonchev–Trinajstić information content (AvgIpc) is 3.02. The highest BCUT2D eigenvalue weighted by Crippen LogP contribution is 2.27. The number of halogens is 1. The smallest absolute Gasteiger partial charge is 0.277 e. The van der Waals surface area contributed by atoms with E-state index in [0.717, 1.165) is 30.4 Å². The molecule has 0 bridgehead atoms. The van der Waals surface area contributed by atoms with Crippen molar-refractivity contribution in [2.24, 2.45) is 0 Å². The van der Waals surface area contributed by atoms with Crippen molar-refractivity contribution in [2.75, 3.05) is 18.4 Å². The summed E-state index contributed by atoms with van der Waals surface area (Å²) in [6, 6.07) is 5.10. The number of phenolic OH excluding ortho intramolecular Hbond substituents is 1. The highest BCUT2D eigenvalue weighted by atomic mass is 79.9. The second kappa shape index (κ2) is 6.45. The van der Waals surface area contributed by atoms with E-state index in [4.69, 9.17) is 0 Å². The fourth-order valence-electron chi connectivity index (χ4n) is 2.43. The van der Waals surface area contributed by atoms with Gasteiger partial charge in [-0.3, -0.25) is 4.79 Å². The second-order valence-electron chi connectivity index (χ2n) is 5.18. The van der Waals surface area contributed by atoms with Gasteiger partial charge >= 0.3 is 0 Å². The van der Waals surface area contributed by atoms with Gasteiger partial charge < -0.3 is 15.7 Å². The van der Waals surface area contributed by atoms with Gasteiger partial charge in [0.1, 0.15) is 5.75 Å². The van der Waals surface area contributed by atoms with Crippen molar-refractivity contribution >= 4 is 27.5 Å². The number of hydrogen-bond donors (Lipinski definition) is 3. The maximum absolute atomic E-state index is 12.2. The van der Waals surface area contributed by atoms with Gasteiger partial charge in [0.25, 0.3) is 5.91 Å². The van der Waals surface area contributed by atoms with Gasteiger partial charge in [-0.05, 0) is 44.1 Å². The molecule has 1 amide bonds. The fraction of sp³-hybridized carbons (Fsp3) is 0.357. The lowest BCUT2D eigenvalue weighted by Crippen LogP contribution is -2.29. The van der Waals surface area contributed by atoms with Gasteiger partial charge in [0.05, 0.1) is 17.9 Å². The number of carbonyl (C=O) groups excluding carboxylic acids is 1. The fourth-order valence-corrected chi connectivity index (χ4v) is 2.79. The third-order valence-corrected chi connectivity index (χ3v) is 4.13. The Bertz CT molecular complexity index is 682. The molecule has 0 saturated carbocycles. The number of carbonyl (C=O) groups is 1. The minimum atomic E-state index is -0.395. The molecule has 8 heteroatoms. The molecule has 1 saturated heterocycles. The van der Waals surface area contributed by atoms with Crippen molar-refractivity contribution in [2.45, 2.75) is 18.9 Å². The van der Waals surface area contributed by atoms with Crippen molar-refractivity contribution in [1.29, 1.82) is 0 Å². The van der Waals surface area contributed by atoms with Crippen LogP contribution < -0.4 is 10.6 Å². The number of anilines is 1. The number of aromatic hydroxyl groups is 1. The van der Waals surface area contributed by atoms with Crippen LogP contribution in [0.2, 0.25) is 0 Å². The number of piperidine rings is 1. The topological polar surface area (TPSA) is 92.1 Å². The minimum absolute atomic E-state index is 0.00213. The van der Waals surface area contributed by atoms with Crippen LogP contribution in [0.5, 0.6) is 5.75 Å². The Hall–Kier alpha value is -1.93. The molecule has 0 radical (unpaired) electrons. The SMILES string of the molecule is O=C(Nc1cc(Br)ccc1O)c1cn(C2CCNCC2)nn1. The van der Waals surface area contributed by atoms with Crippen LogP contribution >= 0.6 is 15.9 Å². The summed E-state index contributed by atoms with van der Waals surface area (Å²) >= 11 is 3.30. The number of amides is 1. The Kier molecular flexibility index (Phi) is 4.39. The lowest BCUT2D eigenvalue weighted by molar-refractivity contribution is 0.102. The van der Waals surface area contributed by atoms with E-state index < -0.39 is 5.91 Å². The summed E-state index contributed by atoms with van der Waals surface area (Å²) in [5.74, 6) is -0.393. The molecule has 0 atom stereocenters. The van der Waals surface area contributed by atoms with Crippen molar-refractivity contribution in [1.82, 2.24) is 20.3 Å².